The quantitative estimate of drug-likeness (QED) is 0.403. The summed E-state index contributed by atoms with van der Waals surface area (Å²) in [5, 5.41) is 17.4. The number of halogens is 1. The van der Waals surface area contributed by atoms with Crippen molar-refractivity contribution in [3.05, 3.63) is 47.2 Å². The topological polar surface area (TPSA) is 91.2 Å². The molecule has 2 N–H and O–H groups in total. The second kappa shape index (κ2) is 9.41. The Hall–Kier alpha value is -2.38. The van der Waals surface area contributed by atoms with E-state index in [0.717, 1.165) is 18.4 Å². The number of allylic oxidation sites excluding steroid dienone is 1. The van der Waals surface area contributed by atoms with Crippen molar-refractivity contribution in [3.63, 3.8) is 0 Å². The zero-order valence-corrected chi connectivity index (χ0v) is 17.2. The van der Waals surface area contributed by atoms with Crippen LogP contribution >= 0.6 is 11.6 Å². The van der Waals surface area contributed by atoms with Crippen molar-refractivity contribution in [1.29, 1.82) is 0 Å². The van der Waals surface area contributed by atoms with Gasteiger partial charge in [-0.05, 0) is 50.3 Å². The number of nitrogens with zero attached hydrogens (tertiary/aromatic N) is 2. The monoisotopic (exact) mass is 419 g/mol. The van der Waals surface area contributed by atoms with Crippen molar-refractivity contribution in [2.75, 3.05) is 6.54 Å². The Labute approximate surface area is 175 Å². The minimum Gasteiger partial charge on any atom is -0.391 e. The SMILES string of the molecule is C=C(O/N=C(\C)C(=O)N1C[C@H](O)CC[C@H]1C(=O)NCc1ccc(Cl)cc1)C1CC1. The fourth-order valence-corrected chi connectivity index (χ4v) is 3.34. The first kappa shape index (κ1) is 21.3. The summed E-state index contributed by atoms with van der Waals surface area (Å²) in [6.45, 7) is 5.75. The molecular weight excluding hydrogens is 394 g/mol. The molecule has 8 heteroatoms. The summed E-state index contributed by atoms with van der Waals surface area (Å²) in [4.78, 5) is 32.2. The number of β-amino-alcohol motifs (C(OH)–C–C–N with tert-alkyl or cyclic N) is 1. The molecule has 1 aliphatic heterocycles. The van der Waals surface area contributed by atoms with E-state index in [1.807, 2.05) is 12.1 Å². The Kier molecular flexibility index (Phi) is 6.92. The molecule has 2 fully saturated rings. The molecule has 2 amide bonds. The molecule has 1 aliphatic carbocycles. The summed E-state index contributed by atoms with van der Waals surface area (Å²) >= 11 is 5.88. The van der Waals surface area contributed by atoms with E-state index in [1.165, 1.54) is 11.8 Å². The number of carbonyl (C=O) groups excluding carboxylic acids is 2. The van der Waals surface area contributed by atoms with Crippen LogP contribution in [0.3, 0.4) is 0 Å². The van der Waals surface area contributed by atoms with E-state index < -0.39 is 18.1 Å². The van der Waals surface area contributed by atoms with Crippen molar-refractivity contribution >= 4 is 29.1 Å². The van der Waals surface area contributed by atoms with Crippen molar-refractivity contribution < 1.29 is 19.5 Å². The van der Waals surface area contributed by atoms with Crippen LogP contribution < -0.4 is 5.32 Å². The Morgan fingerprint density at radius 3 is 2.62 bits per heavy atom. The molecule has 156 valence electrons. The second-order valence-corrected chi connectivity index (χ2v) is 7.99. The number of aliphatic hydroxyl groups is 1. The smallest absolute Gasteiger partial charge is 0.272 e. The summed E-state index contributed by atoms with van der Waals surface area (Å²) in [5.74, 6) is 0.160. The van der Waals surface area contributed by atoms with E-state index in [4.69, 9.17) is 16.4 Å². The minimum absolute atomic E-state index is 0.0777. The van der Waals surface area contributed by atoms with Gasteiger partial charge in [-0.15, -0.1) is 0 Å². The van der Waals surface area contributed by atoms with Gasteiger partial charge in [-0.2, -0.15) is 0 Å². The number of nitrogens with one attached hydrogen (secondary N) is 1. The molecule has 1 saturated heterocycles. The maximum atomic E-state index is 12.8. The number of likely N-dealkylation sites (tertiary alicyclic amines) is 1. The van der Waals surface area contributed by atoms with Crippen LogP contribution in [0, 0.1) is 5.92 Å². The van der Waals surface area contributed by atoms with E-state index in [9.17, 15) is 14.7 Å². The Morgan fingerprint density at radius 2 is 1.97 bits per heavy atom. The Bertz CT molecular complexity index is 805. The molecule has 2 atom stereocenters. The van der Waals surface area contributed by atoms with Crippen LogP contribution in [-0.4, -0.2) is 46.2 Å². The van der Waals surface area contributed by atoms with Crippen LogP contribution in [0.25, 0.3) is 0 Å². The summed E-state index contributed by atoms with van der Waals surface area (Å²) in [6, 6.07) is 6.50. The molecule has 0 unspecified atom stereocenters. The lowest BCUT2D eigenvalue weighted by Gasteiger charge is -2.36. The van der Waals surface area contributed by atoms with Crippen molar-refractivity contribution in [1.82, 2.24) is 10.2 Å². The summed E-state index contributed by atoms with van der Waals surface area (Å²) in [7, 11) is 0. The van der Waals surface area contributed by atoms with Crippen LogP contribution in [0.4, 0.5) is 0 Å². The van der Waals surface area contributed by atoms with E-state index in [1.54, 1.807) is 12.1 Å². The van der Waals surface area contributed by atoms with Gasteiger partial charge in [0.05, 0.1) is 6.10 Å². The van der Waals surface area contributed by atoms with Crippen LogP contribution in [0.5, 0.6) is 0 Å². The summed E-state index contributed by atoms with van der Waals surface area (Å²) in [6.07, 6.45) is 2.20. The maximum Gasteiger partial charge on any atom is 0.272 e. The molecule has 2 aliphatic rings. The number of carbonyl (C=O) groups is 2. The molecule has 1 saturated carbocycles. The summed E-state index contributed by atoms with van der Waals surface area (Å²) in [5.41, 5.74) is 1.03. The Balaban J connectivity index is 1.62. The number of oxime groups is 1. The molecule has 1 aromatic rings. The molecule has 7 nitrogen and oxygen atoms in total. The second-order valence-electron chi connectivity index (χ2n) is 7.56. The number of amides is 2. The van der Waals surface area contributed by atoms with Gasteiger partial charge < -0.3 is 20.2 Å². The first-order valence-electron chi connectivity index (χ1n) is 9.76. The molecule has 0 aromatic heterocycles. The van der Waals surface area contributed by atoms with Gasteiger partial charge >= 0.3 is 0 Å². The van der Waals surface area contributed by atoms with Crippen molar-refractivity contribution in [3.8, 4) is 0 Å². The molecule has 0 spiro atoms. The van der Waals surface area contributed by atoms with Crippen LogP contribution in [0.1, 0.15) is 38.2 Å². The summed E-state index contributed by atoms with van der Waals surface area (Å²) < 4.78 is 0. The molecule has 29 heavy (non-hydrogen) atoms. The van der Waals surface area contributed by atoms with Crippen LogP contribution in [0.15, 0.2) is 41.8 Å². The van der Waals surface area contributed by atoms with E-state index in [2.05, 4.69) is 17.1 Å². The van der Waals surface area contributed by atoms with Gasteiger partial charge in [0.25, 0.3) is 5.91 Å². The fourth-order valence-electron chi connectivity index (χ4n) is 3.21. The van der Waals surface area contributed by atoms with E-state index in [0.29, 0.717) is 36.1 Å². The zero-order valence-electron chi connectivity index (χ0n) is 16.4. The van der Waals surface area contributed by atoms with Crippen LogP contribution in [-0.2, 0) is 21.0 Å². The van der Waals surface area contributed by atoms with E-state index in [-0.39, 0.29) is 18.2 Å². The first-order chi connectivity index (χ1) is 13.8. The fraction of sp³-hybridized carbons (Fsp3) is 0.476. The molecule has 1 aromatic carbocycles. The van der Waals surface area contributed by atoms with Crippen molar-refractivity contribution in [2.24, 2.45) is 11.1 Å². The first-order valence-corrected chi connectivity index (χ1v) is 10.1. The largest absolute Gasteiger partial charge is 0.391 e. The van der Waals surface area contributed by atoms with Gasteiger partial charge in [0.1, 0.15) is 17.5 Å². The third kappa shape index (κ3) is 5.81. The lowest BCUT2D eigenvalue weighted by molar-refractivity contribution is -0.140. The number of piperidine rings is 1. The van der Waals surface area contributed by atoms with Gasteiger partial charge in [-0.3, -0.25) is 9.59 Å². The van der Waals surface area contributed by atoms with Gasteiger partial charge in [0.15, 0.2) is 0 Å². The van der Waals surface area contributed by atoms with Gasteiger partial charge in [-0.1, -0.05) is 35.5 Å². The third-order valence-corrected chi connectivity index (χ3v) is 5.39. The molecule has 0 radical (unpaired) electrons. The average Bonchev–Trinajstić information content (AvgIpc) is 3.56. The predicted octanol–water partition coefficient (Wildman–Crippen LogP) is 2.62. The molecular formula is C21H26ClN3O4. The normalized spacial score (nSPS) is 22.2. The molecule has 3 rings (SSSR count). The maximum absolute atomic E-state index is 12.8. The molecule has 0 bridgehead atoms. The average molecular weight is 420 g/mol. The van der Waals surface area contributed by atoms with Gasteiger partial charge in [-0.25, -0.2) is 0 Å². The highest BCUT2D eigenvalue weighted by molar-refractivity contribution is 6.38. The standard InChI is InChI=1S/C21H26ClN3O4/c1-13(24-29-14(2)16-5-6-16)21(28)25-12-18(26)9-10-19(25)20(27)23-11-15-3-7-17(22)8-4-15/h3-4,7-8,16,18-19,26H,2,5-6,9-12H2,1H3,(H,23,27)/b24-13+/t18-,19+/m1/s1. The number of benzene rings is 1. The number of rotatable bonds is 7. The molecule has 1 heterocycles. The Morgan fingerprint density at radius 1 is 1.28 bits per heavy atom. The van der Waals surface area contributed by atoms with Crippen molar-refractivity contribution in [2.45, 2.75) is 51.3 Å². The third-order valence-electron chi connectivity index (χ3n) is 5.14. The number of aliphatic hydroxyl groups excluding tert-OH is 1. The van der Waals surface area contributed by atoms with E-state index >= 15 is 0 Å². The van der Waals surface area contributed by atoms with Gasteiger partial charge in [0.2, 0.25) is 5.91 Å². The highest BCUT2D eigenvalue weighted by Crippen LogP contribution is 2.36. The number of hydrogen-bond donors (Lipinski definition) is 2. The highest BCUT2D eigenvalue weighted by atomic mass is 35.5. The number of hydrogen-bond acceptors (Lipinski definition) is 5. The predicted molar refractivity (Wildman–Crippen MR) is 110 cm³/mol. The minimum atomic E-state index is -0.672. The zero-order chi connectivity index (χ0) is 21.0. The lowest BCUT2D eigenvalue weighted by atomic mass is 9.98. The lowest BCUT2D eigenvalue weighted by Crippen LogP contribution is -2.56. The van der Waals surface area contributed by atoms with Crippen LogP contribution in [0.2, 0.25) is 5.02 Å². The van der Waals surface area contributed by atoms with Gasteiger partial charge in [0, 0.05) is 24.0 Å². The highest BCUT2D eigenvalue weighted by Gasteiger charge is 2.36.